The molecule has 1 aliphatic carbocycles. The van der Waals surface area contributed by atoms with Gasteiger partial charge in [-0.1, -0.05) is 19.9 Å². The van der Waals surface area contributed by atoms with Crippen LogP contribution in [0.25, 0.3) is 0 Å². The highest BCUT2D eigenvalue weighted by Gasteiger charge is 2.44. The van der Waals surface area contributed by atoms with Crippen LogP contribution in [0, 0.1) is 5.41 Å². The molecule has 0 bridgehead atoms. The summed E-state index contributed by atoms with van der Waals surface area (Å²) < 4.78 is 5.71. The summed E-state index contributed by atoms with van der Waals surface area (Å²) in [5.41, 5.74) is 0.0115. The van der Waals surface area contributed by atoms with Gasteiger partial charge in [-0.05, 0) is 42.5 Å². The van der Waals surface area contributed by atoms with Crippen LogP contribution in [0.2, 0.25) is 0 Å². The number of aliphatic hydroxyl groups is 1. The van der Waals surface area contributed by atoms with Crippen molar-refractivity contribution in [2.24, 2.45) is 5.41 Å². The summed E-state index contributed by atoms with van der Waals surface area (Å²) in [5.74, 6) is 0. The van der Waals surface area contributed by atoms with Crippen molar-refractivity contribution in [3.8, 4) is 0 Å². The zero-order chi connectivity index (χ0) is 12.5. The molecule has 1 N–H and O–H groups in total. The summed E-state index contributed by atoms with van der Waals surface area (Å²) in [7, 11) is 1.73. The van der Waals surface area contributed by atoms with Crippen molar-refractivity contribution in [3.05, 3.63) is 22.4 Å². The smallest absolute Gasteiger partial charge is 0.117 e. The zero-order valence-corrected chi connectivity index (χ0v) is 11.7. The van der Waals surface area contributed by atoms with Gasteiger partial charge in [0.2, 0.25) is 0 Å². The van der Waals surface area contributed by atoms with Crippen molar-refractivity contribution in [2.75, 3.05) is 7.11 Å². The Bertz CT molecular complexity index is 346. The van der Waals surface area contributed by atoms with Gasteiger partial charge in [-0.2, -0.15) is 0 Å². The maximum atomic E-state index is 10.5. The maximum absolute atomic E-state index is 10.5. The van der Waals surface area contributed by atoms with Gasteiger partial charge in [0.25, 0.3) is 0 Å². The topological polar surface area (TPSA) is 29.5 Å². The van der Waals surface area contributed by atoms with E-state index in [1.54, 1.807) is 18.4 Å². The number of ether oxygens (including phenoxy) is 1. The predicted octanol–water partition coefficient (Wildman–Crippen LogP) is 3.77. The number of rotatable bonds is 3. The van der Waals surface area contributed by atoms with Crippen LogP contribution in [0.5, 0.6) is 0 Å². The van der Waals surface area contributed by atoms with E-state index in [1.165, 1.54) is 0 Å². The lowest BCUT2D eigenvalue weighted by molar-refractivity contribution is -0.137. The third kappa shape index (κ3) is 2.56. The summed E-state index contributed by atoms with van der Waals surface area (Å²) in [6, 6.07) is 3.98. The first-order chi connectivity index (χ1) is 7.99. The number of thiophene rings is 1. The Balaban J connectivity index is 2.16. The molecule has 1 atom stereocenters. The van der Waals surface area contributed by atoms with E-state index in [9.17, 15) is 5.11 Å². The van der Waals surface area contributed by atoms with Crippen molar-refractivity contribution in [3.63, 3.8) is 0 Å². The molecule has 1 heterocycles. The van der Waals surface area contributed by atoms with Gasteiger partial charge in [-0.15, -0.1) is 11.3 Å². The molecule has 0 amide bonds. The molecule has 96 valence electrons. The molecule has 2 nitrogen and oxygen atoms in total. The Morgan fingerprint density at radius 3 is 2.41 bits per heavy atom. The summed E-state index contributed by atoms with van der Waals surface area (Å²) in [6.45, 7) is 4.59. The molecule has 0 spiro atoms. The molecule has 0 aromatic carbocycles. The van der Waals surface area contributed by atoms with Crippen molar-refractivity contribution in [2.45, 2.75) is 51.2 Å². The highest BCUT2D eigenvalue weighted by Crippen LogP contribution is 2.47. The van der Waals surface area contributed by atoms with E-state index in [1.807, 2.05) is 17.5 Å². The van der Waals surface area contributed by atoms with Crippen LogP contribution < -0.4 is 0 Å². The van der Waals surface area contributed by atoms with Crippen molar-refractivity contribution < 1.29 is 9.84 Å². The molecular formula is C14H22O2S. The summed E-state index contributed by atoms with van der Waals surface area (Å²) in [5, 5.41) is 12.5. The van der Waals surface area contributed by atoms with E-state index in [-0.39, 0.29) is 5.60 Å². The van der Waals surface area contributed by atoms with E-state index < -0.39 is 6.10 Å². The fraction of sp³-hybridized carbons (Fsp3) is 0.714. The molecule has 0 aliphatic heterocycles. The van der Waals surface area contributed by atoms with Gasteiger partial charge in [0.05, 0.1) is 5.60 Å². The normalized spacial score (nSPS) is 24.5. The summed E-state index contributed by atoms with van der Waals surface area (Å²) >= 11 is 1.61. The number of hydrogen-bond acceptors (Lipinski definition) is 3. The lowest BCUT2D eigenvalue weighted by atomic mass is 9.69. The van der Waals surface area contributed by atoms with E-state index in [0.29, 0.717) is 5.41 Å². The second-order valence-electron chi connectivity index (χ2n) is 5.85. The summed E-state index contributed by atoms with van der Waals surface area (Å²) in [6.07, 6.45) is 3.63. The highest BCUT2D eigenvalue weighted by atomic mass is 32.1. The van der Waals surface area contributed by atoms with Crippen molar-refractivity contribution >= 4 is 11.3 Å². The first kappa shape index (κ1) is 13.1. The van der Waals surface area contributed by atoms with Gasteiger partial charge in [0, 0.05) is 12.0 Å². The Morgan fingerprint density at radius 2 is 1.94 bits per heavy atom. The third-order valence-electron chi connectivity index (χ3n) is 4.17. The Kier molecular flexibility index (Phi) is 3.62. The first-order valence-electron chi connectivity index (χ1n) is 6.26. The molecule has 0 saturated heterocycles. The van der Waals surface area contributed by atoms with E-state index >= 15 is 0 Å². The third-order valence-corrected chi connectivity index (χ3v) is 5.09. The molecule has 17 heavy (non-hydrogen) atoms. The molecule has 3 heteroatoms. The standard InChI is InChI=1S/C14H22O2S/c1-13(2)6-8-14(16-3,9-7-13)12(15)11-5-4-10-17-11/h4-5,10,12,15H,6-9H2,1-3H3. The predicted molar refractivity (Wildman–Crippen MR) is 71.3 cm³/mol. The largest absolute Gasteiger partial charge is 0.385 e. The Labute approximate surface area is 108 Å². The van der Waals surface area contributed by atoms with Crippen LogP contribution in [0.15, 0.2) is 17.5 Å². The van der Waals surface area contributed by atoms with Gasteiger partial charge >= 0.3 is 0 Å². The molecule has 1 aromatic rings. The molecule has 0 radical (unpaired) electrons. The molecule has 1 fully saturated rings. The minimum atomic E-state index is -0.483. The Hall–Kier alpha value is -0.380. The second kappa shape index (κ2) is 4.71. The van der Waals surface area contributed by atoms with Gasteiger partial charge in [0.1, 0.15) is 6.10 Å². The van der Waals surface area contributed by atoms with Gasteiger partial charge < -0.3 is 9.84 Å². The average molecular weight is 254 g/mol. The highest BCUT2D eigenvalue weighted by molar-refractivity contribution is 7.10. The van der Waals surface area contributed by atoms with Crippen molar-refractivity contribution in [1.29, 1.82) is 0 Å². The molecule has 1 aliphatic rings. The molecule has 1 unspecified atom stereocenters. The molecule has 1 saturated carbocycles. The quantitative estimate of drug-likeness (QED) is 0.889. The van der Waals surface area contributed by atoms with E-state index in [2.05, 4.69) is 13.8 Å². The fourth-order valence-corrected chi connectivity index (χ4v) is 3.46. The van der Waals surface area contributed by atoms with Gasteiger partial charge in [0.15, 0.2) is 0 Å². The van der Waals surface area contributed by atoms with Crippen LogP contribution in [-0.2, 0) is 4.74 Å². The van der Waals surface area contributed by atoms with Crippen LogP contribution in [0.4, 0.5) is 0 Å². The zero-order valence-electron chi connectivity index (χ0n) is 10.9. The first-order valence-corrected chi connectivity index (χ1v) is 7.14. The molecular weight excluding hydrogens is 232 g/mol. The monoisotopic (exact) mass is 254 g/mol. The summed E-state index contributed by atoms with van der Waals surface area (Å²) in [4.78, 5) is 1.02. The van der Waals surface area contributed by atoms with E-state index in [0.717, 1.165) is 30.6 Å². The minimum absolute atomic E-state index is 0.375. The second-order valence-corrected chi connectivity index (χ2v) is 6.83. The SMILES string of the molecule is COC1(C(O)c2cccs2)CCC(C)(C)CC1. The van der Waals surface area contributed by atoms with Gasteiger partial charge in [-0.25, -0.2) is 0 Å². The van der Waals surface area contributed by atoms with Crippen LogP contribution >= 0.6 is 11.3 Å². The minimum Gasteiger partial charge on any atom is -0.385 e. The number of methoxy groups -OCH3 is 1. The molecule has 1 aromatic heterocycles. The number of aliphatic hydroxyl groups excluding tert-OH is 1. The van der Waals surface area contributed by atoms with Crippen LogP contribution in [0.3, 0.4) is 0 Å². The van der Waals surface area contributed by atoms with Gasteiger partial charge in [-0.3, -0.25) is 0 Å². The van der Waals surface area contributed by atoms with E-state index in [4.69, 9.17) is 4.74 Å². The molecule has 2 rings (SSSR count). The van der Waals surface area contributed by atoms with Crippen molar-refractivity contribution in [1.82, 2.24) is 0 Å². The number of hydrogen-bond donors (Lipinski definition) is 1. The van der Waals surface area contributed by atoms with Crippen LogP contribution in [0.1, 0.15) is 50.5 Å². The Morgan fingerprint density at radius 1 is 1.29 bits per heavy atom. The maximum Gasteiger partial charge on any atom is 0.117 e. The lowest BCUT2D eigenvalue weighted by Gasteiger charge is -2.45. The lowest BCUT2D eigenvalue weighted by Crippen LogP contribution is -2.43. The van der Waals surface area contributed by atoms with Crippen LogP contribution in [-0.4, -0.2) is 17.8 Å². The average Bonchev–Trinajstić information content (AvgIpc) is 2.82. The fourth-order valence-electron chi connectivity index (χ4n) is 2.65.